The lowest BCUT2D eigenvalue weighted by Crippen LogP contribution is -2.53. The van der Waals surface area contributed by atoms with Gasteiger partial charge in [0.15, 0.2) is 6.29 Å². The smallest absolute Gasteiger partial charge is 0.183 e. The van der Waals surface area contributed by atoms with Crippen LogP contribution in [0.4, 0.5) is 0 Å². The number of ether oxygens (including phenoxy) is 3. The van der Waals surface area contributed by atoms with E-state index in [-0.39, 0.29) is 0 Å². The summed E-state index contributed by atoms with van der Waals surface area (Å²) in [6, 6.07) is 0. The second-order valence-corrected chi connectivity index (χ2v) is 4.01. The molecule has 3 N–H and O–H groups in total. The molecule has 1 heterocycles. The molecule has 0 aromatic carbocycles. The van der Waals surface area contributed by atoms with Crippen LogP contribution in [-0.2, 0) is 14.2 Å². The highest BCUT2D eigenvalue weighted by atomic mass is 16.7. The predicted molar refractivity (Wildman–Crippen MR) is 55.4 cm³/mol. The first-order valence-corrected chi connectivity index (χ1v) is 5.21. The summed E-state index contributed by atoms with van der Waals surface area (Å²) in [5, 5.41) is 10.2. The Morgan fingerprint density at radius 1 is 1.47 bits per heavy atom. The second kappa shape index (κ2) is 5.77. The Labute approximate surface area is 90.5 Å². The van der Waals surface area contributed by atoms with E-state index in [4.69, 9.17) is 19.9 Å². The summed E-state index contributed by atoms with van der Waals surface area (Å²) in [6.07, 6.45) is 0.357. The van der Waals surface area contributed by atoms with Gasteiger partial charge in [0.05, 0.1) is 6.61 Å². The maximum Gasteiger partial charge on any atom is 0.183 e. The van der Waals surface area contributed by atoms with Crippen molar-refractivity contribution in [3.8, 4) is 0 Å². The average molecular weight is 219 g/mol. The van der Waals surface area contributed by atoms with E-state index < -0.39 is 17.8 Å². The number of nitrogens with two attached hydrogens (primary N) is 1. The number of rotatable bonds is 5. The zero-order valence-corrected chi connectivity index (χ0v) is 9.44. The molecule has 5 heteroatoms. The molecular weight excluding hydrogens is 198 g/mol. The van der Waals surface area contributed by atoms with Crippen LogP contribution in [0.5, 0.6) is 0 Å². The summed E-state index contributed by atoms with van der Waals surface area (Å²) < 4.78 is 15.5. The van der Waals surface area contributed by atoms with Crippen molar-refractivity contribution in [3.05, 3.63) is 0 Å². The predicted octanol–water partition coefficient (Wildman–Crippen LogP) is -0.278. The SMILES string of the molecule is COC(OC)C(O)C1(CN)CCCOC1. The molecule has 0 bridgehead atoms. The quantitative estimate of drug-likeness (QED) is 0.622. The molecule has 0 aromatic rings. The summed E-state index contributed by atoms with van der Waals surface area (Å²) >= 11 is 0. The normalized spacial score (nSPS) is 29.4. The fraction of sp³-hybridized carbons (Fsp3) is 1.00. The molecule has 1 rings (SSSR count). The van der Waals surface area contributed by atoms with E-state index in [0.717, 1.165) is 19.4 Å². The first kappa shape index (κ1) is 12.9. The molecule has 1 saturated heterocycles. The molecule has 1 aliphatic heterocycles. The van der Waals surface area contributed by atoms with E-state index >= 15 is 0 Å². The Morgan fingerprint density at radius 3 is 2.53 bits per heavy atom. The standard InChI is InChI=1S/C10H21NO4/c1-13-9(14-2)8(12)10(6-11)4-3-5-15-7-10/h8-9,12H,3-7,11H2,1-2H3. The van der Waals surface area contributed by atoms with Crippen molar-refractivity contribution in [1.29, 1.82) is 0 Å². The summed E-state index contributed by atoms with van der Waals surface area (Å²) in [6.45, 7) is 1.57. The number of methoxy groups -OCH3 is 2. The van der Waals surface area contributed by atoms with Crippen LogP contribution >= 0.6 is 0 Å². The van der Waals surface area contributed by atoms with Gasteiger partial charge in [0.25, 0.3) is 0 Å². The van der Waals surface area contributed by atoms with Gasteiger partial charge in [-0.15, -0.1) is 0 Å². The van der Waals surface area contributed by atoms with Gasteiger partial charge in [0, 0.05) is 32.8 Å². The highest BCUT2D eigenvalue weighted by molar-refractivity contribution is 4.91. The van der Waals surface area contributed by atoms with Gasteiger partial charge in [0.2, 0.25) is 0 Å². The van der Waals surface area contributed by atoms with Crippen molar-refractivity contribution in [2.45, 2.75) is 25.2 Å². The number of aliphatic hydroxyl groups is 1. The third kappa shape index (κ3) is 2.68. The van der Waals surface area contributed by atoms with Crippen LogP contribution in [0.3, 0.4) is 0 Å². The topological polar surface area (TPSA) is 73.9 Å². The molecule has 0 radical (unpaired) electrons. The number of aliphatic hydroxyl groups excluding tert-OH is 1. The molecule has 0 saturated carbocycles. The van der Waals surface area contributed by atoms with Crippen molar-refractivity contribution in [3.63, 3.8) is 0 Å². The molecule has 2 unspecified atom stereocenters. The molecule has 15 heavy (non-hydrogen) atoms. The highest BCUT2D eigenvalue weighted by Gasteiger charge is 2.43. The summed E-state index contributed by atoms with van der Waals surface area (Å²) in [4.78, 5) is 0. The van der Waals surface area contributed by atoms with Crippen LogP contribution in [-0.4, -0.2) is 51.5 Å². The summed E-state index contributed by atoms with van der Waals surface area (Å²) in [5.41, 5.74) is 5.30. The van der Waals surface area contributed by atoms with Gasteiger partial charge < -0.3 is 25.1 Å². The molecule has 90 valence electrons. The van der Waals surface area contributed by atoms with Crippen LogP contribution < -0.4 is 5.73 Å². The molecule has 0 aliphatic carbocycles. The lowest BCUT2D eigenvalue weighted by molar-refractivity contribution is -0.213. The Bertz CT molecular complexity index is 178. The van der Waals surface area contributed by atoms with Crippen LogP contribution in [0.25, 0.3) is 0 Å². The zero-order chi connectivity index (χ0) is 11.3. The molecule has 1 aliphatic rings. The average Bonchev–Trinajstić information content (AvgIpc) is 2.31. The fourth-order valence-corrected chi connectivity index (χ4v) is 2.03. The lowest BCUT2D eigenvalue weighted by Gasteiger charge is -2.41. The third-order valence-electron chi connectivity index (χ3n) is 3.11. The first-order valence-electron chi connectivity index (χ1n) is 5.21. The van der Waals surface area contributed by atoms with E-state index in [1.807, 2.05) is 0 Å². The molecular formula is C10H21NO4. The van der Waals surface area contributed by atoms with Crippen LogP contribution in [0.1, 0.15) is 12.8 Å². The number of hydrogen-bond acceptors (Lipinski definition) is 5. The zero-order valence-electron chi connectivity index (χ0n) is 9.44. The second-order valence-electron chi connectivity index (χ2n) is 4.01. The van der Waals surface area contributed by atoms with E-state index in [1.54, 1.807) is 0 Å². The Balaban J connectivity index is 2.70. The van der Waals surface area contributed by atoms with Crippen molar-refractivity contribution < 1.29 is 19.3 Å². The Hall–Kier alpha value is -0.200. The largest absolute Gasteiger partial charge is 0.387 e. The maximum atomic E-state index is 10.2. The minimum absolute atomic E-state index is 0.372. The number of hydrogen-bond donors (Lipinski definition) is 2. The molecule has 5 nitrogen and oxygen atoms in total. The lowest BCUT2D eigenvalue weighted by atomic mass is 9.77. The molecule has 0 aromatic heterocycles. The van der Waals surface area contributed by atoms with E-state index in [0.29, 0.717) is 13.2 Å². The fourth-order valence-electron chi connectivity index (χ4n) is 2.03. The summed E-state index contributed by atoms with van der Waals surface area (Å²) in [5.74, 6) is 0. The van der Waals surface area contributed by atoms with Crippen LogP contribution in [0.2, 0.25) is 0 Å². The van der Waals surface area contributed by atoms with Crippen LogP contribution in [0.15, 0.2) is 0 Å². The highest BCUT2D eigenvalue weighted by Crippen LogP contribution is 2.33. The molecule has 2 atom stereocenters. The van der Waals surface area contributed by atoms with E-state index in [1.165, 1.54) is 14.2 Å². The van der Waals surface area contributed by atoms with E-state index in [9.17, 15) is 5.11 Å². The molecule has 0 amide bonds. The van der Waals surface area contributed by atoms with Crippen molar-refractivity contribution in [1.82, 2.24) is 0 Å². The minimum atomic E-state index is -0.752. The van der Waals surface area contributed by atoms with Gasteiger partial charge in [-0.2, -0.15) is 0 Å². The molecule has 1 fully saturated rings. The molecule has 0 spiro atoms. The maximum absolute atomic E-state index is 10.2. The van der Waals surface area contributed by atoms with Gasteiger partial charge in [0.1, 0.15) is 6.10 Å². The Morgan fingerprint density at radius 2 is 2.13 bits per heavy atom. The minimum Gasteiger partial charge on any atom is -0.387 e. The van der Waals surface area contributed by atoms with Gasteiger partial charge in [-0.1, -0.05) is 0 Å². The first-order chi connectivity index (χ1) is 7.20. The third-order valence-corrected chi connectivity index (χ3v) is 3.11. The monoisotopic (exact) mass is 219 g/mol. The summed E-state index contributed by atoms with van der Waals surface area (Å²) in [7, 11) is 3.01. The Kier molecular flexibility index (Phi) is 4.95. The van der Waals surface area contributed by atoms with Gasteiger partial charge in [-0.05, 0) is 12.8 Å². The van der Waals surface area contributed by atoms with Crippen molar-refractivity contribution in [2.75, 3.05) is 34.0 Å². The van der Waals surface area contributed by atoms with Gasteiger partial charge >= 0.3 is 0 Å². The van der Waals surface area contributed by atoms with Gasteiger partial charge in [-0.25, -0.2) is 0 Å². The van der Waals surface area contributed by atoms with Gasteiger partial charge in [-0.3, -0.25) is 0 Å². The van der Waals surface area contributed by atoms with Crippen molar-refractivity contribution >= 4 is 0 Å². The van der Waals surface area contributed by atoms with Crippen molar-refractivity contribution in [2.24, 2.45) is 11.1 Å². The van der Waals surface area contributed by atoms with E-state index in [2.05, 4.69) is 0 Å². The van der Waals surface area contributed by atoms with Crippen LogP contribution in [0, 0.1) is 5.41 Å².